The third-order valence-corrected chi connectivity index (χ3v) is 8.17. The van der Waals surface area contributed by atoms with Gasteiger partial charge in [0.1, 0.15) is 0 Å². The molecule has 0 amide bonds. The van der Waals surface area contributed by atoms with Crippen molar-refractivity contribution < 1.29 is 43.2 Å². The van der Waals surface area contributed by atoms with Crippen LogP contribution in [0.25, 0.3) is 6.08 Å². The molecule has 0 saturated carbocycles. The Morgan fingerprint density at radius 1 is 0.920 bits per heavy atom. The average Bonchev–Trinajstić information content (AvgIpc) is 2.42. The van der Waals surface area contributed by atoms with E-state index in [1.54, 1.807) is 6.07 Å². The molecule has 0 aliphatic carbocycles. The quantitative estimate of drug-likeness (QED) is 0.603. The van der Waals surface area contributed by atoms with Crippen LogP contribution in [-0.4, -0.2) is 32.4 Å². The van der Waals surface area contributed by atoms with E-state index in [4.69, 9.17) is 0 Å². The van der Waals surface area contributed by atoms with Gasteiger partial charge in [-0.1, -0.05) is 46.3 Å². The van der Waals surface area contributed by atoms with Gasteiger partial charge in [-0.3, -0.25) is 0 Å². The maximum atomic E-state index is 12.6. The van der Waals surface area contributed by atoms with Gasteiger partial charge in [0.25, 0.3) is 19.7 Å². The molecule has 25 heavy (non-hydrogen) atoms. The van der Waals surface area contributed by atoms with Crippen LogP contribution in [0.2, 0.25) is 0 Å². The van der Waals surface area contributed by atoms with Crippen molar-refractivity contribution in [2.24, 2.45) is 0 Å². The minimum Gasteiger partial charge on any atom is -0.218 e. The van der Waals surface area contributed by atoms with Gasteiger partial charge in [-0.15, -0.1) is 0 Å². The number of hydrogen-bond donors (Lipinski definition) is 0. The van der Waals surface area contributed by atoms with Crippen molar-refractivity contribution in [1.29, 1.82) is 0 Å². The first kappa shape index (κ1) is 22.0. The average molecular weight is 475 g/mol. The van der Waals surface area contributed by atoms with E-state index in [0.717, 1.165) is 6.08 Å². The monoisotopic (exact) mass is 474 g/mol. The minimum absolute atomic E-state index is 0.301. The Morgan fingerprint density at radius 2 is 1.36 bits per heavy atom. The second kappa shape index (κ2) is 7.27. The van der Waals surface area contributed by atoms with Gasteiger partial charge in [0.05, 0.1) is 0 Å². The van der Waals surface area contributed by atoms with Gasteiger partial charge in [-0.2, -0.15) is 26.3 Å². The molecule has 1 aromatic rings. The maximum absolute atomic E-state index is 12.6. The Labute approximate surface area is 147 Å². The molecule has 0 unspecified atom stereocenters. The van der Waals surface area contributed by atoms with Gasteiger partial charge in [0.15, 0.2) is 4.58 Å². The van der Waals surface area contributed by atoms with Crippen LogP contribution in [0, 0.1) is 0 Å². The predicted octanol–water partition coefficient (Wildman–Crippen LogP) is 4.05. The first-order valence-corrected chi connectivity index (χ1v) is 10.0. The van der Waals surface area contributed by atoms with E-state index >= 15 is 0 Å². The van der Waals surface area contributed by atoms with Gasteiger partial charge < -0.3 is 0 Å². The first-order valence-electron chi connectivity index (χ1n) is 6.14. The lowest BCUT2D eigenvalue weighted by Crippen LogP contribution is -2.44. The molecule has 0 fully saturated rings. The number of rotatable bonds is 5. The highest BCUT2D eigenvalue weighted by Crippen LogP contribution is 2.37. The lowest BCUT2D eigenvalue weighted by Gasteiger charge is -2.19. The molecule has 1 rings (SSSR count). The van der Waals surface area contributed by atoms with Crippen molar-refractivity contribution in [1.82, 2.24) is 0 Å². The molecule has 0 heterocycles. The summed E-state index contributed by atoms with van der Waals surface area (Å²) in [5.74, 6) is 0. The van der Waals surface area contributed by atoms with Crippen molar-refractivity contribution in [2.75, 3.05) is 0 Å². The summed E-state index contributed by atoms with van der Waals surface area (Å²) in [6.07, 6.45) is 0.108. The number of halogens is 7. The molecular weight excluding hydrogens is 466 g/mol. The minimum atomic E-state index is -6.61. The number of benzene rings is 1. The molecule has 0 radical (unpaired) electrons. The van der Waals surface area contributed by atoms with Gasteiger partial charge in [-0.05, 0) is 18.1 Å². The molecule has 0 spiro atoms. The van der Waals surface area contributed by atoms with Crippen LogP contribution in [0.15, 0.2) is 34.8 Å². The van der Waals surface area contributed by atoms with Gasteiger partial charge in [0, 0.05) is 4.47 Å². The Bertz CT molecular complexity index is 812. The fourth-order valence-electron chi connectivity index (χ4n) is 1.63. The van der Waals surface area contributed by atoms with Crippen LogP contribution >= 0.6 is 15.9 Å². The van der Waals surface area contributed by atoms with E-state index in [1.165, 1.54) is 18.2 Å². The fourth-order valence-corrected chi connectivity index (χ4v) is 5.37. The molecule has 0 aliphatic rings. The summed E-state index contributed by atoms with van der Waals surface area (Å²) in [5, 5.41) is 0. The molecule has 0 saturated heterocycles. The molecule has 0 bridgehead atoms. The van der Waals surface area contributed by atoms with E-state index in [1.807, 2.05) is 0 Å². The Hall–Kier alpha value is -1.08. The van der Waals surface area contributed by atoms with Crippen molar-refractivity contribution in [3.63, 3.8) is 0 Å². The SMILES string of the molecule is O=S(=O)(C(C/C=C/c1ccccc1Br)S(=O)(=O)C(F)(F)F)C(F)(F)F. The molecule has 13 heteroatoms. The Morgan fingerprint density at radius 3 is 1.76 bits per heavy atom. The largest absolute Gasteiger partial charge is 0.498 e. The number of allylic oxidation sites excluding steroid dienone is 1. The van der Waals surface area contributed by atoms with Crippen LogP contribution < -0.4 is 0 Å². The highest BCUT2D eigenvalue weighted by molar-refractivity contribution is 9.10. The summed E-state index contributed by atoms with van der Waals surface area (Å²) in [6, 6.07) is 6.01. The Balaban J connectivity index is 3.34. The summed E-state index contributed by atoms with van der Waals surface area (Å²) >= 11 is 3.06. The summed E-state index contributed by atoms with van der Waals surface area (Å²) < 4.78 is 117. The van der Waals surface area contributed by atoms with Crippen molar-refractivity contribution in [3.05, 3.63) is 40.4 Å². The lowest BCUT2D eigenvalue weighted by atomic mass is 10.2. The first-order chi connectivity index (χ1) is 11.1. The third kappa shape index (κ3) is 4.76. The molecular formula is C12H9BrF6O4S2. The summed E-state index contributed by atoms with van der Waals surface area (Å²) in [5.41, 5.74) is -12.0. The van der Waals surface area contributed by atoms with Crippen molar-refractivity contribution in [3.8, 4) is 0 Å². The van der Waals surface area contributed by atoms with Gasteiger partial charge >= 0.3 is 11.0 Å². The summed E-state index contributed by atoms with van der Waals surface area (Å²) in [4.78, 5) is 0. The van der Waals surface area contributed by atoms with Crippen LogP contribution in [0.5, 0.6) is 0 Å². The zero-order chi connectivity index (χ0) is 19.7. The number of hydrogen-bond acceptors (Lipinski definition) is 4. The molecule has 0 aliphatic heterocycles. The van der Waals surface area contributed by atoms with Crippen molar-refractivity contribution in [2.45, 2.75) is 22.0 Å². The normalized spacial score (nSPS) is 14.4. The number of sulfone groups is 2. The van der Waals surface area contributed by atoms with E-state index < -0.39 is 41.7 Å². The van der Waals surface area contributed by atoms with Gasteiger partial charge in [0.2, 0.25) is 0 Å². The Kier molecular flexibility index (Phi) is 6.39. The second-order valence-electron chi connectivity index (χ2n) is 4.57. The maximum Gasteiger partial charge on any atom is 0.498 e. The molecule has 142 valence electrons. The lowest BCUT2D eigenvalue weighted by molar-refractivity contribution is -0.0471. The van der Waals surface area contributed by atoms with E-state index in [2.05, 4.69) is 15.9 Å². The van der Waals surface area contributed by atoms with E-state index in [9.17, 15) is 43.2 Å². The smallest absolute Gasteiger partial charge is 0.218 e. The highest BCUT2D eigenvalue weighted by Gasteiger charge is 2.62. The molecule has 0 atom stereocenters. The van der Waals surface area contributed by atoms with Crippen molar-refractivity contribution >= 4 is 41.7 Å². The summed E-state index contributed by atoms with van der Waals surface area (Å²) in [6.45, 7) is 0. The molecule has 1 aromatic carbocycles. The third-order valence-electron chi connectivity index (χ3n) is 2.87. The zero-order valence-corrected chi connectivity index (χ0v) is 15.1. The number of alkyl halides is 6. The van der Waals surface area contributed by atoms with Crippen LogP contribution in [0.1, 0.15) is 12.0 Å². The van der Waals surface area contributed by atoms with Crippen LogP contribution in [0.4, 0.5) is 26.3 Å². The summed E-state index contributed by atoms with van der Waals surface area (Å²) in [7, 11) is -13.2. The van der Waals surface area contributed by atoms with E-state index in [-0.39, 0.29) is 0 Å². The van der Waals surface area contributed by atoms with E-state index in [0.29, 0.717) is 16.1 Å². The molecule has 0 N–H and O–H groups in total. The predicted molar refractivity (Wildman–Crippen MR) is 81.5 cm³/mol. The van der Waals surface area contributed by atoms with Gasteiger partial charge in [-0.25, -0.2) is 16.8 Å². The molecule has 4 nitrogen and oxygen atoms in total. The highest BCUT2D eigenvalue weighted by atomic mass is 79.9. The standard InChI is InChI=1S/C12H9BrF6O4S2/c13-9-6-2-1-4-8(9)5-3-7-10(24(20,21)11(14,15)16)25(22,23)12(17,18)19/h1-6,10H,7H2/b5-3+. The van der Waals surface area contributed by atoms with Crippen LogP contribution in [0.3, 0.4) is 0 Å². The fraction of sp³-hybridized carbons (Fsp3) is 0.333. The van der Waals surface area contributed by atoms with Crippen LogP contribution in [-0.2, 0) is 19.7 Å². The topological polar surface area (TPSA) is 68.3 Å². The molecule has 0 aromatic heterocycles. The second-order valence-corrected chi connectivity index (χ2v) is 9.97. The zero-order valence-electron chi connectivity index (χ0n) is 11.8.